The van der Waals surface area contributed by atoms with Gasteiger partial charge in [0, 0.05) is 14.1 Å². The first kappa shape index (κ1) is 22.9. The van der Waals surface area contributed by atoms with Gasteiger partial charge in [0.05, 0.1) is 36.5 Å². The molecule has 0 aliphatic carbocycles. The third-order valence-corrected chi connectivity index (χ3v) is 6.77. The van der Waals surface area contributed by atoms with Crippen LogP contribution in [0.5, 0.6) is 11.5 Å². The number of benzene rings is 4. The summed E-state index contributed by atoms with van der Waals surface area (Å²) in [6, 6.07) is 30.0. The largest absolute Gasteiger partial charge is 0.497 e. The van der Waals surface area contributed by atoms with Crippen molar-refractivity contribution >= 4 is 22.7 Å². The van der Waals surface area contributed by atoms with Crippen molar-refractivity contribution in [3.05, 3.63) is 84.9 Å². The van der Waals surface area contributed by atoms with Crippen molar-refractivity contribution in [1.82, 2.24) is 0 Å². The predicted octanol–water partition coefficient (Wildman–Crippen LogP) is 8.06. The van der Waals surface area contributed by atoms with Gasteiger partial charge in [0.1, 0.15) is 11.5 Å². The SMILES string of the molecule is CCCCOc1ccc(-c2ccc3c(c2)N(C)c2ccc(-c4ccc(OC)cc4)cc2N3C)cc1. The second-order valence-corrected chi connectivity index (χ2v) is 8.98. The third-order valence-electron chi connectivity index (χ3n) is 6.77. The van der Waals surface area contributed by atoms with Gasteiger partial charge in [0.25, 0.3) is 0 Å². The monoisotopic (exact) mass is 464 g/mol. The minimum atomic E-state index is 0.769. The number of fused-ring (bicyclic) bond motifs is 2. The Balaban J connectivity index is 1.43. The van der Waals surface area contributed by atoms with E-state index < -0.39 is 0 Å². The molecule has 4 aromatic rings. The molecule has 0 bridgehead atoms. The zero-order valence-corrected chi connectivity index (χ0v) is 20.9. The second kappa shape index (κ2) is 9.75. The fraction of sp³-hybridized carbons (Fsp3) is 0.226. The molecule has 0 amide bonds. The first-order chi connectivity index (χ1) is 17.1. The van der Waals surface area contributed by atoms with Crippen LogP contribution in [-0.4, -0.2) is 27.8 Å². The molecule has 0 aromatic heterocycles. The smallest absolute Gasteiger partial charge is 0.119 e. The molecular formula is C31H32N2O2. The zero-order chi connectivity index (χ0) is 24.4. The first-order valence-electron chi connectivity index (χ1n) is 12.2. The standard InChI is InChI=1S/C31H32N2O2/c1-5-6-19-35-27-15-9-23(10-16-27)25-12-18-29-31(21-25)33(3)28-17-11-24(20-30(28)32(29)2)22-7-13-26(34-4)14-8-22/h7-18,20-21H,5-6,19H2,1-4H3. The Hall–Kier alpha value is -3.92. The Morgan fingerprint density at radius 3 is 1.49 bits per heavy atom. The molecule has 0 N–H and O–H groups in total. The number of hydrogen-bond acceptors (Lipinski definition) is 4. The molecule has 0 radical (unpaired) electrons. The van der Waals surface area contributed by atoms with Crippen molar-refractivity contribution in [2.45, 2.75) is 19.8 Å². The van der Waals surface area contributed by atoms with Gasteiger partial charge < -0.3 is 19.3 Å². The molecule has 0 atom stereocenters. The maximum absolute atomic E-state index is 5.83. The number of ether oxygens (including phenoxy) is 2. The summed E-state index contributed by atoms with van der Waals surface area (Å²) in [5, 5.41) is 0. The molecule has 1 aliphatic heterocycles. The summed E-state index contributed by atoms with van der Waals surface area (Å²) in [5.41, 5.74) is 9.51. The van der Waals surface area contributed by atoms with Gasteiger partial charge in [-0.05, 0) is 77.2 Å². The molecule has 5 rings (SSSR count). The summed E-state index contributed by atoms with van der Waals surface area (Å²) < 4.78 is 11.1. The van der Waals surface area contributed by atoms with Gasteiger partial charge in [-0.3, -0.25) is 0 Å². The van der Waals surface area contributed by atoms with E-state index in [2.05, 4.69) is 104 Å². The second-order valence-electron chi connectivity index (χ2n) is 8.98. The summed E-state index contributed by atoms with van der Waals surface area (Å²) in [5.74, 6) is 1.80. The van der Waals surface area contributed by atoms with Crippen molar-refractivity contribution in [3.63, 3.8) is 0 Å². The fourth-order valence-corrected chi connectivity index (χ4v) is 4.63. The Bertz CT molecular complexity index is 1310. The van der Waals surface area contributed by atoms with Crippen molar-refractivity contribution in [2.24, 2.45) is 0 Å². The van der Waals surface area contributed by atoms with E-state index in [1.807, 2.05) is 12.1 Å². The summed E-state index contributed by atoms with van der Waals surface area (Å²) in [7, 11) is 5.98. The topological polar surface area (TPSA) is 24.9 Å². The van der Waals surface area contributed by atoms with Crippen LogP contribution in [0.1, 0.15) is 19.8 Å². The van der Waals surface area contributed by atoms with Crippen LogP contribution in [0.25, 0.3) is 22.3 Å². The maximum Gasteiger partial charge on any atom is 0.119 e. The van der Waals surface area contributed by atoms with Crippen LogP contribution < -0.4 is 19.3 Å². The Labute approximate surface area is 208 Å². The van der Waals surface area contributed by atoms with Gasteiger partial charge in [-0.2, -0.15) is 0 Å². The van der Waals surface area contributed by atoms with Gasteiger partial charge in [-0.15, -0.1) is 0 Å². The molecule has 0 saturated carbocycles. The number of rotatable bonds is 7. The maximum atomic E-state index is 5.83. The molecule has 35 heavy (non-hydrogen) atoms. The Kier molecular flexibility index (Phi) is 6.37. The number of methoxy groups -OCH3 is 1. The van der Waals surface area contributed by atoms with Crippen LogP contribution in [0.3, 0.4) is 0 Å². The number of hydrogen-bond donors (Lipinski definition) is 0. The van der Waals surface area contributed by atoms with E-state index in [-0.39, 0.29) is 0 Å². The van der Waals surface area contributed by atoms with Gasteiger partial charge >= 0.3 is 0 Å². The fourth-order valence-electron chi connectivity index (χ4n) is 4.63. The van der Waals surface area contributed by atoms with Crippen LogP contribution in [-0.2, 0) is 0 Å². The molecule has 0 unspecified atom stereocenters. The average Bonchev–Trinajstić information content (AvgIpc) is 2.92. The van der Waals surface area contributed by atoms with Crippen molar-refractivity contribution in [2.75, 3.05) is 37.6 Å². The third kappa shape index (κ3) is 4.44. The van der Waals surface area contributed by atoms with Crippen LogP contribution >= 0.6 is 0 Å². The highest BCUT2D eigenvalue weighted by molar-refractivity contribution is 5.96. The predicted molar refractivity (Wildman–Crippen MR) is 147 cm³/mol. The van der Waals surface area contributed by atoms with E-state index in [4.69, 9.17) is 9.47 Å². The van der Waals surface area contributed by atoms with Crippen molar-refractivity contribution in [3.8, 4) is 33.8 Å². The summed E-state index contributed by atoms with van der Waals surface area (Å²) >= 11 is 0. The quantitative estimate of drug-likeness (QED) is 0.258. The summed E-state index contributed by atoms with van der Waals surface area (Å²) in [4.78, 5) is 4.57. The zero-order valence-electron chi connectivity index (χ0n) is 20.9. The highest BCUT2D eigenvalue weighted by Crippen LogP contribution is 2.48. The minimum absolute atomic E-state index is 0.769. The van der Waals surface area contributed by atoms with Crippen LogP contribution in [0, 0.1) is 0 Å². The van der Waals surface area contributed by atoms with Gasteiger partial charge in [0.15, 0.2) is 0 Å². The van der Waals surface area contributed by atoms with Crippen molar-refractivity contribution in [1.29, 1.82) is 0 Å². The Morgan fingerprint density at radius 2 is 1.03 bits per heavy atom. The van der Waals surface area contributed by atoms with E-state index >= 15 is 0 Å². The normalized spacial score (nSPS) is 12.2. The lowest BCUT2D eigenvalue weighted by Crippen LogP contribution is -2.24. The van der Waals surface area contributed by atoms with E-state index in [1.165, 1.54) is 45.0 Å². The average molecular weight is 465 g/mol. The first-order valence-corrected chi connectivity index (χ1v) is 12.2. The highest BCUT2D eigenvalue weighted by Gasteiger charge is 2.25. The van der Waals surface area contributed by atoms with Crippen molar-refractivity contribution < 1.29 is 9.47 Å². The van der Waals surface area contributed by atoms with E-state index in [9.17, 15) is 0 Å². The number of anilines is 4. The van der Waals surface area contributed by atoms with Crippen LogP contribution in [0.2, 0.25) is 0 Å². The summed E-state index contributed by atoms with van der Waals surface area (Å²) in [6.45, 7) is 2.95. The molecule has 4 heteroatoms. The molecule has 0 saturated heterocycles. The number of unbranched alkanes of at least 4 members (excludes halogenated alkanes) is 1. The van der Waals surface area contributed by atoms with E-state index in [1.54, 1.807) is 7.11 Å². The van der Waals surface area contributed by atoms with Gasteiger partial charge in [-0.25, -0.2) is 0 Å². The lowest BCUT2D eigenvalue weighted by Gasteiger charge is -2.37. The number of nitrogens with zero attached hydrogens (tertiary/aromatic N) is 2. The van der Waals surface area contributed by atoms with Crippen LogP contribution in [0.15, 0.2) is 84.9 Å². The van der Waals surface area contributed by atoms with E-state index in [0.29, 0.717) is 0 Å². The molecule has 0 spiro atoms. The molecule has 4 nitrogen and oxygen atoms in total. The lowest BCUT2D eigenvalue weighted by atomic mass is 9.99. The Morgan fingerprint density at radius 1 is 0.571 bits per heavy atom. The highest BCUT2D eigenvalue weighted by atomic mass is 16.5. The molecule has 4 aromatic carbocycles. The molecule has 1 heterocycles. The van der Waals surface area contributed by atoms with Gasteiger partial charge in [-0.1, -0.05) is 49.7 Å². The molecular weight excluding hydrogens is 432 g/mol. The molecule has 1 aliphatic rings. The summed E-state index contributed by atoms with van der Waals surface area (Å²) in [6.07, 6.45) is 2.22. The van der Waals surface area contributed by atoms with E-state index in [0.717, 1.165) is 30.9 Å². The minimum Gasteiger partial charge on any atom is -0.497 e. The molecule has 178 valence electrons. The lowest BCUT2D eigenvalue weighted by molar-refractivity contribution is 0.309. The molecule has 0 fully saturated rings. The van der Waals surface area contributed by atoms with Crippen LogP contribution in [0.4, 0.5) is 22.7 Å². The van der Waals surface area contributed by atoms with Gasteiger partial charge in [0.2, 0.25) is 0 Å².